The third-order valence-electron chi connectivity index (χ3n) is 2.46. The summed E-state index contributed by atoms with van der Waals surface area (Å²) < 4.78 is 18.8. The van der Waals surface area contributed by atoms with Crippen molar-refractivity contribution in [3.8, 4) is 5.75 Å². The highest BCUT2D eigenvalue weighted by atomic mass is 19.1. The lowest BCUT2D eigenvalue weighted by atomic mass is 10.3. The van der Waals surface area contributed by atoms with E-state index in [1.807, 2.05) is 0 Å². The van der Waals surface area contributed by atoms with Crippen LogP contribution in [0.3, 0.4) is 0 Å². The van der Waals surface area contributed by atoms with Gasteiger partial charge in [0, 0.05) is 20.2 Å². The van der Waals surface area contributed by atoms with Crippen molar-refractivity contribution in [1.29, 1.82) is 0 Å². The Bertz CT molecular complexity index is 619. The molecule has 2 rings (SSSR count). The molecule has 0 fully saturated rings. The molecular formula is C12H15FN6O. The van der Waals surface area contributed by atoms with Gasteiger partial charge < -0.3 is 20.7 Å². The van der Waals surface area contributed by atoms with Crippen molar-refractivity contribution < 1.29 is 9.13 Å². The molecule has 3 N–H and O–H groups in total. The molecule has 0 amide bonds. The average Bonchev–Trinajstić information content (AvgIpc) is 2.40. The molecule has 0 radical (unpaired) electrons. The van der Waals surface area contributed by atoms with Crippen molar-refractivity contribution in [2.75, 3.05) is 37.2 Å². The fourth-order valence-corrected chi connectivity index (χ4v) is 1.48. The molecule has 1 heterocycles. The van der Waals surface area contributed by atoms with Gasteiger partial charge in [0.1, 0.15) is 11.6 Å². The van der Waals surface area contributed by atoms with Gasteiger partial charge in [0.05, 0.1) is 12.8 Å². The predicted molar refractivity (Wildman–Crippen MR) is 74.8 cm³/mol. The summed E-state index contributed by atoms with van der Waals surface area (Å²) in [6.07, 6.45) is 0. The lowest BCUT2D eigenvalue weighted by Gasteiger charge is -2.12. The zero-order chi connectivity index (χ0) is 14.7. The fourth-order valence-electron chi connectivity index (χ4n) is 1.48. The van der Waals surface area contributed by atoms with Crippen LogP contribution >= 0.6 is 0 Å². The van der Waals surface area contributed by atoms with Gasteiger partial charge in [-0.25, -0.2) is 4.39 Å². The SMILES string of the molecule is COc1ccc(F)c(Nc2nc(N)nc(N(C)C)n2)c1. The van der Waals surface area contributed by atoms with E-state index in [1.165, 1.54) is 25.3 Å². The minimum Gasteiger partial charge on any atom is -0.497 e. The molecule has 0 saturated heterocycles. The molecule has 20 heavy (non-hydrogen) atoms. The molecule has 8 heteroatoms. The number of anilines is 4. The summed E-state index contributed by atoms with van der Waals surface area (Å²) in [5.41, 5.74) is 5.79. The van der Waals surface area contributed by atoms with E-state index < -0.39 is 5.82 Å². The molecule has 1 aromatic carbocycles. The van der Waals surface area contributed by atoms with Gasteiger partial charge in [0.25, 0.3) is 0 Å². The van der Waals surface area contributed by atoms with Gasteiger partial charge in [0.2, 0.25) is 17.8 Å². The molecule has 0 atom stereocenters. The number of benzene rings is 1. The number of hydrogen-bond donors (Lipinski definition) is 2. The van der Waals surface area contributed by atoms with E-state index in [4.69, 9.17) is 10.5 Å². The van der Waals surface area contributed by atoms with Crippen molar-refractivity contribution >= 4 is 23.5 Å². The zero-order valence-electron chi connectivity index (χ0n) is 11.4. The molecule has 0 aliphatic rings. The molecule has 0 unspecified atom stereocenters. The second-order valence-electron chi connectivity index (χ2n) is 4.18. The van der Waals surface area contributed by atoms with E-state index in [0.717, 1.165) is 0 Å². The minimum atomic E-state index is -0.448. The van der Waals surface area contributed by atoms with Crippen LogP contribution in [0.2, 0.25) is 0 Å². The van der Waals surface area contributed by atoms with E-state index in [2.05, 4.69) is 20.3 Å². The number of nitrogens with zero attached hydrogens (tertiary/aromatic N) is 4. The highest BCUT2D eigenvalue weighted by Gasteiger charge is 2.09. The third-order valence-corrected chi connectivity index (χ3v) is 2.46. The first-order valence-corrected chi connectivity index (χ1v) is 5.79. The maximum Gasteiger partial charge on any atom is 0.233 e. The molecule has 7 nitrogen and oxygen atoms in total. The van der Waals surface area contributed by atoms with Gasteiger partial charge in [-0.2, -0.15) is 15.0 Å². The van der Waals surface area contributed by atoms with Crippen LogP contribution in [0.1, 0.15) is 0 Å². The first kappa shape index (κ1) is 13.8. The lowest BCUT2D eigenvalue weighted by molar-refractivity contribution is 0.414. The number of nitrogens with one attached hydrogen (secondary N) is 1. The highest BCUT2D eigenvalue weighted by molar-refractivity contribution is 5.58. The fraction of sp³-hybridized carbons (Fsp3) is 0.250. The number of nitrogen functional groups attached to an aromatic ring is 1. The molecule has 0 aliphatic carbocycles. The molecule has 2 aromatic rings. The maximum absolute atomic E-state index is 13.7. The second-order valence-corrected chi connectivity index (χ2v) is 4.18. The lowest BCUT2D eigenvalue weighted by Crippen LogP contribution is -2.15. The van der Waals surface area contributed by atoms with Crippen molar-refractivity contribution in [2.45, 2.75) is 0 Å². The number of halogens is 1. The third kappa shape index (κ3) is 3.02. The van der Waals surface area contributed by atoms with Crippen molar-refractivity contribution in [3.05, 3.63) is 24.0 Å². The highest BCUT2D eigenvalue weighted by Crippen LogP contribution is 2.24. The Balaban J connectivity index is 2.34. The monoisotopic (exact) mass is 278 g/mol. The molecule has 1 aromatic heterocycles. The number of aromatic nitrogens is 3. The van der Waals surface area contributed by atoms with E-state index in [9.17, 15) is 4.39 Å². The largest absolute Gasteiger partial charge is 0.497 e. The Morgan fingerprint density at radius 1 is 1.25 bits per heavy atom. The van der Waals surface area contributed by atoms with Gasteiger partial charge in [-0.05, 0) is 12.1 Å². The van der Waals surface area contributed by atoms with Crippen molar-refractivity contribution in [2.24, 2.45) is 0 Å². The van der Waals surface area contributed by atoms with Gasteiger partial charge >= 0.3 is 0 Å². The van der Waals surface area contributed by atoms with Gasteiger partial charge in [-0.1, -0.05) is 0 Å². The van der Waals surface area contributed by atoms with Gasteiger partial charge in [-0.15, -0.1) is 0 Å². The average molecular weight is 278 g/mol. The standard InChI is InChI=1S/C12H15FN6O/c1-19(2)12-17-10(14)16-11(18-12)15-9-6-7(20-3)4-5-8(9)13/h4-6H,1-3H3,(H3,14,15,16,17,18). The Morgan fingerprint density at radius 3 is 2.65 bits per heavy atom. The summed E-state index contributed by atoms with van der Waals surface area (Å²) in [5, 5.41) is 2.76. The smallest absolute Gasteiger partial charge is 0.233 e. The van der Waals surface area contributed by atoms with Crippen LogP contribution in [0.15, 0.2) is 18.2 Å². The van der Waals surface area contributed by atoms with E-state index in [0.29, 0.717) is 11.7 Å². The van der Waals surface area contributed by atoms with Gasteiger partial charge in [0.15, 0.2) is 0 Å². The Hall–Kier alpha value is -2.64. The first-order valence-electron chi connectivity index (χ1n) is 5.79. The van der Waals surface area contributed by atoms with Crippen molar-refractivity contribution in [1.82, 2.24) is 15.0 Å². The second kappa shape index (κ2) is 5.55. The minimum absolute atomic E-state index is 0.0505. The molecule has 0 bridgehead atoms. The normalized spacial score (nSPS) is 10.2. The van der Waals surface area contributed by atoms with E-state index in [1.54, 1.807) is 19.0 Å². The zero-order valence-corrected chi connectivity index (χ0v) is 11.4. The summed E-state index contributed by atoms with van der Waals surface area (Å²) in [5.74, 6) is 0.658. The molecule has 0 spiro atoms. The molecule has 0 saturated carbocycles. The predicted octanol–water partition coefficient (Wildman–Crippen LogP) is 1.41. The van der Waals surface area contributed by atoms with Crippen LogP contribution in [-0.4, -0.2) is 36.2 Å². The van der Waals surface area contributed by atoms with Crippen molar-refractivity contribution in [3.63, 3.8) is 0 Å². The summed E-state index contributed by atoms with van der Waals surface area (Å²) in [4.78, 5) is 13.7. The summed E-state index contributed by atoms with van der Waals surface area (Å²) in [6, 6.07) is 4.32. The summed E-state index contributed by atoms with van der Waals surface area (Å²) >= 11 is 0. The topological polar surface area (TPSA) is 89.2 Å². The Labute approximate surface area is 115 Å². The first-order chi connectivity index (χ1) is 9.49. The molecule has 106 valence electrons. The van der Waals surface area contributed by atoms with E-state index >= 15 is 0 Å². The number of methoxy groups -OCH3 is 1. The van der Waals surface area contributed by atoms with Crippen LogP contribution in [-0.2, 0) is 0 Å². The van der Waals surface area contributed by atoms with Crippen LogP contribution in [0.4, 0.5) is 27.9 Å². The Kier molecular flexibility index (Phi) is 3.83. The van der Waals surface area contributed by atoms with Crippen LogP contribution < -0.4 is 20.7 Å². The number of nitrogens with two attached hydrogens (primary N) is 1. The van der Waals surface area contributed by atoms with Crippen LogP contribution in [0, 0.1) is 5.82 Å². The van der Waals surface area contributed by atoms with Crippen LogP contribution in [0.5, 0.6) is 5.75 Å². The van der Waals surface area contributed by atoms with Gasteiger partial charge in [-0.3, -0.25) is 0 Å². The summed E-state index contributed by atoms with van der Waals surface area (Å²) in [6.45, 7) is 0. The summed E-state index contributed by atoms with van der Waals surface area (Å²) in [7, 11) is 5.04. The maximum atomic E-state index is 13.7. The number of hydrogen-bond acceptors (Lipinski definition) is 7. The van der Waals surface area contributed by atoms with E-state index in [-0.39, 0.29) is 17.6 Å². The van der Waals surface area contributed by atoms with Crippen LogP contribution in [0.25, 0.3) is 0 Å². The molecule has 0 aliphatic heterocycles. The number of rotatable bonds is 4. The number of ether oxygens (including phenoxy) is 1. The Morgan fingerprint density at radius 2 is 2.00 bits per heavy atom. The quantitative estimate of drug-likeness (QED) is 0.874. The molecular weight excluding hydrogens is 263 g/mol.